The summed E-state index contributed by atoms with van der Waals surface area (Å²) in [7, 11) is 4.00. The molecule has 0 bridgehead atoms. The van der Waals surface area contributed by atoms with Crippen LogP contribution in [-0.2, 0) is 6.61 Å². The Kier molecular flexibility index (Phi) is 7.05. The lowest BCUT2D eigenvalue weighted by atomic mass is 9.97. The molecule has 0 fully saturated rings. The van der Waals surface area contributed by atoms with Crippen LogP contribution in [0.1, 0.15) is 39.7 Å². The molecule has 5 aromatic rings. The smallest absolute Gasteiger partial charge is 0.290 e. The van der Waals surface area contributed by atoms with Crippen molar-refractivity contribution in [3.8, 4) is 5.75 Å². The first-order chi connectivity index (χ1) is 19.4. The molecule has 1 atom stereocenters. The van der Waals surface area contributed by atoms with Crippen LogP contribution >= 0.6 is 11.6 Å². The summed E-state index contributed by atoms with van der Waals surface area (Å²) < 4.78 is 12.3. The van der Waals surface area contributed by atoms with Gasteiger partial charge in [-0.25, -0.2) is 0 Å². The molecule has 202 valence electrons. The second-order valence-electron chi connectivity index (χ2n) is 10.3. The third kappa shape index (κ3) is 4.74. The third-order valence-electron chi connectivity index (χ3n) is 7.41. The predicted molar refractivity (Wildman–Crippen MR) is 158 cm³/mol. The molecule has 0 saturated heterocycles. The van der Waals surface area contributed by atoms with Crippen LogP contribution in [0.4, 0.5) is 0 Å². The molecule has 0 N–H and O–H groups in total. The van der Waals surface area contributed by atoms with Crippen molar-refractivity contribution >= 4 is 39.2 Å². The van der Waals surface area contributed by atoms with Crippen molar-refractivity contribution in [2.75, 3.05) is 27.2 Å². The van der Waals surface area contributed by atoms with Gasteiger partial charge < -0.3 is 19.0 Å². The second kappa shape index (κ2) is 10.8. The Morgan fingerprint density at radius 2 is 1.65 bits per heavy atom. The first-order valence-electron chi connectivity index (χ1n) is 13.3. The summed E-state index contributed by atoms with van der Waals surface area (Å²) in [4.78, 5) is 31.6. The highest BCUT2D eigenvalue weighted by atomic mass is 35.5. The lowest BCUT2D eigenvalue weighted by Crippen LogP contribution is -2.32. The van der Waals surface area contributed by atoms with Gasteiger partial charge in [-0.3, -0.25) is 9.59 Å². The number of ether oxygens (including phenoxy) is 1. The van der Waals surface area contributed by atoms with E-state index >= 15 is 0 Å². The van der Waals surface area contributed by atoms with Gasteiger partial charge in [0.25, 0.3) is 5.91 Å². The minimum absolute atomic E-state index is 0.128. The maximum atomic E-state index is 14.0. The standard InChI is InChI=1S/C33H29ClN2O4/c1-35(2)18-7-19-36-29(22-12-15-24(16-13-22)39-20-23-9-4-6-11-27(23)34)28-30(37)26-17-14-21-8-3-5-10-25(21)31(26)40-32(28)33(36)38/h3-6,8-17,29H,7,18-20H2,1-2H3. The zero-order valence-electron chi connectivity index (χ0n) is 22.4. The molecule has 1 amide bonds. The molecule has 4 aromatic carbocycles. The molecule has 0 spiro atoms. The lowest BCUT2D eigenvalue weighted by Gasteiger charge is -2.26. The predicted octanol–water partition coefficient (Wildman–Crippen LogP) is 6.68. The van der Waals surface area contributed by atoms with E-state index in [1.165, 1.54) is 0 Å². The van der Waals surface area contributed by atoms with Crippen LogP contribution in [0.5, 0.6) is 5.75 Å². The monoisotopic (exact) mass is 552 g/mol. The summed E-state index contributed by atoms with van der Waals surface area (Å²) in [5.41, 5.74) is 2.39. The summed E-state index contributed by atoms with van der Waals surface area (Å²) >= 11 is 6.27. The van der Waals surface area contributed by atoms with Crippen LogP contribution in [0.3, 0.4) is 0 Å². The van der Waals surface area contributed by atoms with Crippen molar-refractivity contribution in [2.24, 2.45) is 0 Å². The number of carbonyl (C=O) groups is 1. The van der Waals surface area contributed by atoms with E-state index in [2.05, 4.69) is 4.90 Å². The highest BCUT2D eigenvalue weighted by molar-refractivity contribution is 6.31. The molecule has 0 saturated carbocycles. The number of fused-ring (bicyclic) bond motifs is 4. The number of carbonyl (C=O) groups excluding carboxylic acids is 1. The topological polar surface area (TPSA) is 63.0 Å². The Morgan fingerprint density at radius 3 is 2.42 bits per heavy atom. The van der Waals surface area contributed by atoms with E-state index in [0.29, 0.717) is 40.5 Å². The largest absolute Gasteiger partial charge is 0.489 e. The van der Waals surface area contributed by atoms with Gasteiger partial charge in [0.2, 0.25) is 5.76 Å². The van der Waals surface area contributed by atoms with Crippen LogP contribution in [-0.4, -0.2) is 42.9 Å². The van der Waals surface area contributed by atoms with Gasteiger partial charge in [-0.15, -0.1) is 0 Å². The van der Waals surface area contributed by atoms with Crippen molar-refractivity contribution in [3.63, 3.8) is 0 Å². The second-order valence-corrected chi connectivity index (χ2v) is 10.8. The van der Waals surface area contributed by atoms with Crippen molar-refractivity contribution in [3.05, 3.63) is 123 Å². The number of rotatable bonds is 8. The van der Waals surface area contributed by atoms with Gasteiger partial charge in [-0.1, -0.05) is 72.3 Å². The number of amides is 1. The van der Waals surface area contributed by atoms with Gasteiger partial charge in [0.15, 0.2) is 5.43 Å². The average Bonchev–Trinajstić information content (AvgIpc) is 3.24. The first kappa shape index (κ1) is 26.1. The fraction of sp³-hybridized carbons (Fsp3) is 0.212. The highest BCUT2D eigenvalue weighted by Crippen LogP contribution is 2.39. The van der Waals surface area contributed by atoms with Gasteiger partial charge in [-0.05, 0) is 62.3 Å². The number of nitrogens with zero attached hydrogens (tertiary/aromatic N) is 2. The van der Waals surface area contributed by atoms with Gasteiger partial charge in [0.1, 0.15) is 17.9 Å². The molecule has 1 unspecified atom stereocenters. The normalized spacial score (nSPS) is 14.8. The number of benzene rings is 4. The molecular formula is C33H29ClN2O4. The van der Waals surface area contributed by atoms with Crippen molar-refractivity contribution < 1.29 is 13.9 Å². The Balaban J connectivity index is 1.39. The molecular weight excluding hydrogens is 524 g/mol. The van der Waals surface area contributed by atoms with Gasteiger partial charge in [-0.2, -0.15) is 0 Å². The molecule has 1 aliphatic rings. The third-order valence-corrected chi connectivity index (χ3v) is 7.78. The van der Waals surface area contributed by atoms with E-state index in [-0.39, 0.29) is 17.1 Å². The summed E-state index contributed by atoms with van der Waals surface area (Å²) in [5.74, 6) is 0.539. The van der Waals surface area contributed by atoms with E-state index in [9.17, 15) is 9.59 Å². The van der Waals surface area contributed by atoms with Gasteiger partial charge in [0, 0.05) is 22.5 Å². The maximum Gasteiger partial charge on any atom is 0.290 e. The van der Waals surface area contributed by atoms with Gasteiger partial charge in [0.05, 0.1) is 17.0 Å². The lowest BCUT2D eigenvalue weighted by molar-refractivity contribution is 0.0722. The Hall–Kier alpha value is -4.13. The van der Waals surface area contributed by atoms with Crippen LogP contribution in [0, 0.1) is 0 Å². The number of halogens is 1. The number of hydrogen-bond donors (Lipinski definition) is 0. The Labute approximate surface area is 237 Å². The summed E-state index contributed by atoms with van der Waals surface area (Å²) in [5, 5.41) is 2.90. The molecule has 0 aliphatic carbocycles. The van der Waals surface area contributed by atoms with E-state index in [1.54, 1.807) is 11.0 Å². The van der Waals surface area contributed by atoms with Crippen LogP contribution < -0.4 is 10.2 Å². The van der Waals surface area contributed by atoms with E-state index in [4.69, 9.17) is 20.8 Å². The molecule has 1 aromatic heterocycles. The fourth-order valence-electron chi connectivity index (χ4n) is 5.41. The minimum atomic E-state index is -0.547. The molecule has 6 rings (SSSR count). The molecule has 40 heavy (non-hydrogen) atoms. The van der Waals surface area contributed by atoms with Crippen LogP contribution in [0.25, 0.3) is 21.7 Å². The zero-order valence-corrected chi connectivity index (χ0v) is 23.1. The van der Waals surface area contributed by atoms with Gasteiger partial charge >= 0.3 is 0 Å². The maximum absolute atomic E-state index is 14.0. The summed E-state index contributed by atoms with van der Waals surface area (Å²) in [6, 6.07) is 26.0. The fourth-order valence-corrected chi connectivity index (χ4v) is 5.60. The highest BCUT2D eigenvalue weighted by Gasteiger charge is 2.42. The SMILES string of the molecule is CN(C)CCCN1C(=O)c2oc3c(ccc4ccccc43)c(=O)c2C1c1ccc(OCc2ccccc2Cl)cc1. The van der Waals surface area contributed by atoms with Crippen molar-refractivity contribution in [1.29, 1.82) is 0 Å². The molecule has 6 nitrogen and oxygen atoms in total. The molecule has 0 radical (unpaired) electrons. The average molecular weight is 553 g/mol. The molecule has 1 aliphatic heterocycles. The number of hydrogen-bond acceptors (Lipinski definition) is 5. The van der Waals surface area contributed by atoms with Crippen LogP contribution in [0.2, 0.25) is 5.02 Å². The van der Waals surface area contributed by atoms with E-state index in [1.807, 2.05) is 93.0 Å². The zero-order chi connectivity index (χ0) is 27.8. The molecule has 7 heteroatoms. The minimum Gasteiger partial charge on any atom is -0.489 e. The van der Waals surface area contributed by atoms with E-state index < -0.39 is 6.04 Å². The summed E-state index contributed by atoms with van der Waals surface area (Å²) in [6.45, 7) is 1.65. The summed E-state index contributed by atoms with van der Waals surface area (Å²) in [6.07, 6.45) is 0.763. The quantitative estimate of drug-likeness (QED) is 0.201. The van der Waals surface area contributed by atoms with E-state index in [0.717, 1.165) is 34.9 Å². The van der Waals surface area contributed by atoms with Crippen LogP contribution in [0.15, 0.2) is 94.1 Å². The first-order valence-corrected chi connectivity index (χ1v) is 13.7. The van der Waals surface area contributed by atoms with Crippen molar-refractivity contribution in [2.45, 2.75) is 19.1 Å². The Morgan fingerprint density at radius 1 is 0.900 bits per heavy atom. The Bertz CT molecular complexity index is 1780. The molecule has 2 heterocycles. The van der Waals surface area contributed by atoms with Crippen molar-refractivity contribution in [1.82, 2.24) is 9.80 Å².